The summed E-state index contributed by atoms with van der Waals surface area (Å²) in [6, 6.07) is 7.68. The summed E-state index contributed by atoms with van der Waals surface area (Å²) in [6.07, 6.45) is 4.52. The fourth-order valence-corrected chi connectivity index (χ4v) is 4.90. The largest absolute Gasteiger partial charge is 0.335 e. The molecular formula is C21H21N5O2S2. The smallest absolute Gasteiger partial charge is 0.274 e. The van der Waals surface area contributed by atoms with E-state index in [1.165, 1.54) is 12.4 Å². The number of nitrogens with zero attached hydrogens (tertiary/aromatic N) is 5. The molecule has 154 valence electrons. The second kappa shape index (κ2) is 9.36. The van der Waals surface area contributed by atoms with Crippen LogP contribution in [0.15, 0.2) is 53.1 Å². The number of aromatic nitrogens is 3. The number of amides is 2. The lowest BCUT2D eigenvalue weighted by Gasteiger charge is -2.34. The van der Waals surface area contributed by atoms with Crippen molar-refractivity contribution in [1.82, 2.24) is 24.8 Å². The number of carbonyl (C=O) groups is 2. The van der Waals surface area contributed by atoms with Gasteiger partial charge in [-0.25, -0.2) is 9.97 Å². The summed E-state index contributed by atoms with van der Waals surface area (Å²) in [6.45, 7) is 3.94. The van der Waals surface area contributed by atoms with Gasteiger partial charge >= 0.3 is 0 Å². The van der Waals surface area contributed by atoms with Crippen LogP contribution in [-0.2, 0) is 5.75 Å². The van der Waals surface area contributed by atoms with Gasteiger partial charge in [0.15, 0.2) is 0 Å². The van der Waals surface area contributed by atoms with E-state index in [2.05, 4.69) is 20.3 Å². The molecule has 1 aliphatic rings. The number of hydrogen-bond donors (Lipinski definition) is 0. The number of carbonyl (C=O) groups excluding carboxylic acids is 2. The van der Waals surface area contributed by atoms with Gasteiger partial charge in [0.05, 0.1) is 22.5 Å². The lowest BCUT2D eigenvalue weighted by molar-refractivity contribution is 0.0530. The molecule has 9 heteroatoms. The molecule has 1 aliphatic heterocycles. The van der Waals surface area contributed by atoms with Crippen LogP contribution in [0.1, 0.15) is 31.5 Å². The Bertz CT molecular complexity index is 1030. The predicted molar refractivity (Wildman–Crippen MR) is 117 cm³/mol. The van der Waals surface area contributed by atoms with E-state index < -0.39 is 0 Å². The van der Waals surface area contributed by atoms with Crippen LogP contribution in [0, 0.1) is 6.92 Å². The predicted octanol–water partition coefficient (Wildman–Crippen LogP) is 3.13. The van der Waals surface area contributed by atoms with Crippen LogP contribution in [0.2, 0.25) is 0 Å². The maximum atomic E-state index is 13.2. The van der Waals surface area contributed by atoms with Crippen LogP contribution in [0.5, 0.6) is 0 Å². The average molecular weight is 440 g/mol. The summed E-state index contributed by atoms with van der Waals surface area (Å²) in [5.41, 5.74) is 2.06. The molecule has 1 aromatic carbocycles. The molecule has 0 saturated carbocycles. The monoisotopic (exact) mass is 439 g/mol. The van der Waals surface area contributed by atoms with Crippen LogP contribution < -0.4 is 0 Å². The standard InChI is InChI=1S/C21H21N5O2S2/c1-15-24-16(13-29-15)14-30-19-5-3-2-4-17(19)20(27)25-8-10-26(11-9-25)21(28)18-12-22-6-7-23-18/h2-7,12-13H,8-11,14H2,1H3. The molecule has 1 fully saturated rings. The summed E-state index contributed by atoms with van der Waals surface area (Å²) in [7, 11) is 0. The molecule has 0 radical (unpaired) electrons. The summed E-state index contributed by atoms with van der Waals surface area (Å²) >= 11 is 3.26. The zero-order chi connectivity index (χ0) is 20.9. The molecule has 3 heterocycles. The average Bonchev–Trinajstić information content (AvgIpc) is 3.22. The Hall–Kier alpha value is -2.78. The van der Waals surface area contributed by atoms with Crippen LogP contribution >= 0.6 is 23.1 Å². The number of piperazine rings is 1. The van der Waals surface area contributed by atoms with Crippen molar-refractivity contribution in [1.29, 1.82) is 0 Å². The highest BCUT2D eigenvalue weighted by atomic mass is 32.2. The number of rotatable bonds is 5. The Morgan fingerprint density at radius 3 is 2.47 bits per heavy atom. The number of thioether (sulfide) groups is 1. The van der Waals surface area contributed by atoms with Gasteiger partial charge in [-0.05, 0) is 19.1 Å². The maximum absolute atomic E-state index is 13.2. The Morgan fingerprint density at radius 1 is 1.07 bits per heavy atom. The van der Waals surface area contributed by atoms with Crippen molar-refractivity contribution in [3.05, 3.63) is 70.2 Å². The minimum atomic E-state index is -0.148. The van der Waals surface area contributed by atoms with E-state index >= 15 is 0 Å². The minimum Gasteiger partial charge on any atom is -0.335 e. The van der Waals surface area contributed by atoms with E-state index in [0.29, 0.717) is 37.4 Å². The molecule has 7 nitrogen and oxygen atoms in total. The molecule has 0 bridgehead atoms. The van der Waals surface area contributed by atoms with Crippen LogP contribution in [0.4, 0.5) is 0 Å². The SMILES string of the molecule is Cc1nc(CSc2ccccc2C(=O)N2CCN(C(=O)c3cnccn3)CC2)cs1. The fraction of sp³-hybridized carbons (Fsp3) is 0.286. The molecule has 0 aliphatic carbocycles. The van der Waals surface area contributed by atoms with E-state index in [4.69, 9.17) is 0 Å². The van der Waals surface area contributed by atoms with Crippen molar-refractivity contribution < 1.29 is 9.59 Å². The molecule has 0 spiro atoms. The number of hydrogen-bond acceptors (Lipinski definition) is 7. The van der Waals surface area contributed by atoms with Crippen LogP contribution in [0.25, 0.3) is 0 Å². The summed E-state index contributed by atoms with van der Waals surface area (Å²) in [5.74, 6) is 0.582. The van der Waals surface area contributed by atoms with Gasteiger partial charge in [-0.15, -0.1) is 23.1 Å². The van der Waals surface area contributed by atoms with Gasteiger partial charge in [-0.3, -0.25) is 14.6 Å². The van der Waals surface area contributed by atoms with Crippen molar-refractivity contribution in [2.75, 3.05) is 26.2 Å². The third-order valence-corrected chi connectivity index (χ3v) is 6.73. The van der Waals surface area contributed by atoms with Gasteiger partial charge in [-0.1, -0.05) is 12.1 Å². The maximum Gasteiger partial charge on any atom is 0.274 e. The van der Waals surface area contributed by atoms with E-state index in [1.54, 1.807) is 34.2 Å². The molecule has 0 N–H and O–H groups in total. The molecule has 0 unspecified atom stereocenters. The second-order valence-electron chi connectivity index (χ2n) is 6.82. The summed E-state index contributed by atoms with van der Waals surface area (Å²) in [5, 5.41) is 3.10. The van der Waals surface area contributed by atoms with E-state index in [1.807, 2.05) is 36.1 Å². The third-order valence-electron chi connectivity index (χ3n) is 4.80. The van der Waals surface area contributed by atoms with Crippen molar-refractivity contribution in [2.24, 2.45) is 0 Å². The topological polar surface area (TPSA) is 79.3 Å². The number of benzene rings is 1. The highest BCUT2D eigenvalue weighted by Gasteiger charge is 2.27. The van der Waals surface area contributed by atoms with E-state index in [9.17, 15) is 9.59 Å². The van der Waals surface area contributed by atoms with Gasteiger partial charge in [-0.2, -0.15) is 0 Å². The zero-order valence-electron chi connectivity index (χ0n) is 16.5. The molecular weight excluding hydrogens is 418 g/mol. The first-order valence-corrected chi connectivity index (χ1v) is 11.5. The third kappa shape index (κ3) is 4.68. The summed E-state index contributed by atoms with van der Waals surface area (Å²) < 4.78 is 0. The summed E-state index contributed by atoms with van der Waals surface area (Å²) in [4.78, 5) is 42.7. The van der Waals surface area contributed by atoms with Gasteiger partial charge in [0.25, 0.3) is 11.8 Å². The van der Waals surface area contributed by atoms with Crippen molar-refractivity contribution in [2.45, 2.75) is 17.6 Å². The van der Waals surface area contributed by atoms with Crippen LogP contribution in [0.3, 0.4) is 0 Å². The number of thiazole rings is 1. The molecule has 1 saturated heterocycles. The van der Waals surface area contributed by atoms with Crippen molar-refractivity contribution >= 4 is 34.9 Å². The molecule has 30 heavy (non-hydrogen) atoms. The Balaban J connectivity index is 1.39. The van der Waals surface area contributed by atoms with Crippen molar-refractivity contribution in [3.63, 3.8) is 0 Å². The zero-order valence-corrected chi connectivity index (χ0v) is 18.2. The molecule has 0 atom stereocenters. The number of aryl methyl sites for hydroxylation is 1. The minimum absolute atomic E-state index is 0.000778. The lowest BCUT2D eigenvalue weighted by atomic mass is 10.1. The van der Waals surface area contributed by atoms with Gasteiger partial charge in [0.2, 0.25) is 0 Å². The Morgan fingerprint density at radius 2 is 1.80 bits per heavy atom. The molecule has 4 rings (SSSR count). The van der Waals surface area contributed by atoms with Crippen molar-refractivity contribution in [3.8, 4) is 0 Å². The Kier molecular flexibility index (Phi) is 6.39. The molecule has 2 amide bonds. The lowest BCUT2D eigenvalue weighted by Crippen LogP contribution is -2.50. The van der Waals surface area contributed by atoms with Crippen LogP contribution in [-0.4, -0.2) is 62.7 Å². The molecule has 2 aromatic heterocycles. The first-order valence-electron chi connectivity index (χ1n) is 9.59. The highest BCUT2D eigenvalue weighted by Crippen LogP contribution is 2.28. The Labute approximate surface area is 183 Å². The normalized spacial score (nSPS) is 14.0. The fourth-order valence-electron chi connectivity index (χ4n) is 3.25. The quantitative estimate of drug-likeness (QED) is 0.569. The van der Waals surface area contributed by atoms with Gasteiger partial charge < -0.3 is 9.80 Å². The first kappa shape index (κ1) is 20.5. The van der Waals surface area contributed by atoms with Gasteiger partial charge in [0, 0.05) is 54.6 Å². The van der Waals surface area contributed by atoms with E-state index in [0.717, 1.165) is 21.3 Å². The highest BCUT2D eigenvalue weighted by molar-refractivity contribution is 7.98. The second-order valence-corrected chi connectivity index (χ2v) is 8.90. The van der Waals surface area contributed by atoms with E-state index in [-0.39, 0.29) is 11.8 Å². The molecule has 3 aromatic rings. The first-order chi connectivity index (χ1) is 14.6. The van der Waals surface area contributed by atoms with Gasteiger partial charge in [0.1, 0.15) is 5.69 Å².